The van der Waals surface area contributed by atoms with Crippen molar-refractivity contribution < 1.29 is 22.7 Å². The van der Waals surface area contributed by atoms with Crippen LogP contribution in [0.25, 0.3) is 6.08 Å². The summed E-state index contributed by atoms with van der Waals surface area (Å²) in [6.07, 6.45) is 11.4. The van der Waals surface area contributed by atoms with Gasteiger partial charge in [-0.15, -0.1) is 0 Å². The van der Waals surface area contributed by atoms with Gasteiger partial charge in [0, 0.05) is 37.8 Å². The van der Waals surface area contributed by atoms with Crippen molar-refractivity contribution in [2.75, 3.05) is 33.9 Å². The highest BCUT2D eigenvalue weighted by molar-refractivity contribution is 5.56. The molecule has 9 heteroatoms. The summed E-state index contributed by atoms with van der Waals surface area (Å²) in [7, 11) is 5.84. The first-order valence-electron chi connectivity index (χ1n) is 11.3. The molecule has 1 aliphatic rings. The zero-order chi connectivity index (χ0) is 26.5. The Kier molecular flexibility index (Phi) is 21.0. The van der Waals surface area contributed by atoms with Crippen molar-refractivity contribution in [3.05, 3.63) is 63.8 Å². The largest absolute Gasteiger partial charge is 0.397 e. The third kappa shape index (κ3) is 16.3. The molecule has 1 N–H and O–H groups in total. The normalized spacial score (nSPS) is 11.1. The van der Waals surface area contributed by atoms with Crippen LogP contribution in [0.1, 0.15) is 44.0 Å². The van der Waals surface area contributed by atoms with Crippen LogP contribution in [0.15, 0.2) is 41.5 Å². The lowest BCUT2D eigenvalue weighted by Gasteiger charge is -2.09. The van der Waals surface area contributed by atoms with Crippen molar-refractivity contribution in [1.82, 2.24) is 14.0 Å². The van der Waals surface area contributed by atoms with Crippen LogP contribution in [0.2, 0.25) is 0 Å². The Labute approximate surface area is 201 Å². The molecule has 34 heavy (non-hydrogen) atoms. The first kappa shape index (κ1) is 33.8. The van der Waals surface area contributed by atoms with Crippen molar-refractivity contribution >= 4 is 6.08 Å². The second-order valence-corrected chi connectivity index (χ2v) is 7.30. The molecule has 196 valence electrons. The first-order chi connectivity index (χ1) is 16.1. The number of rotatable bonds is 4. The number of pyridine rings is 1. The SMILES string of the molecule is CCN(C)C.CCO.CCc1cn(CCF)c2c1CCC=C2.Cn1ccccc1=O.FC(F)F. The van der Waals surface area contributed by atoms with E-state index in [-0.39, 0.29) is 18.8 Å². The van der Waals surface area contributed by atoms with Crippen molar-refractivity contribution in [1.29, 1.82) is 0 Å². The van der Waals surface area contributed by atoms with Crippen LogP contribution in [0.5, 0.6) is 0 Å². The van der Waals surface area contributed by atoms with Gasteiger partial charge in [0.25, 0.3) is 0 Å². The van der Waals surface area contributed by atoms with E-state index in [1.165, 1.54) is 27.5 Å². The van der Waals surface area contributed by atoms with Crippen LogP contribution < -0.4 is 5.56 Å². The van der Waals surface area contributed by atoms with Crippen molar-refractivity contribution in [2.45, 2.75) is 53.3 Å². The van der Waals surface area contributed by atoms with Gasteiger partial charge in [-0.3, -0.25) is 4.79 Å². The second kappa shape index (κ2) is 21.2. The van der Waals surface area contributed by atoms with Gasteiger partial charge in [-0.05, 0) is 70.1 Å². The summed E-state index contributed by atoms with van der Waals surface area (Å²) < 4.78 is 44.9. The van der Waals surface area contributed by atoms with Gasteiger partial charge < -0.3 is 19.1 Å². The minimum atomic E-state index is -3.67. The van der Waals surface area contributed by atoms with Crippen LogP contribution >= 0.6 is 0 Å². The van der Waals surface area contributed by atoms with Crippen LogP contribution in [-0.4, -0.2) is 59.7 Å². The monoisotopic (exact) mass is 491 g/mol. The van der Waals surface area contributed by atoms with Crippen molar-refractivity contribution in [3.8, 4) is 0 Å². The summed E-state index contributed by atoms with van der Waals surface area (Å²) in [5.41, 5.74) is 4.08. The topological polar surface area (TPSA) is 50.4 Å². The molecular weight excluding hydrogens is 450 g/mol. The molecule has 1 aliphatic carbocycles. The molecule has 0 spiro atoms. The molecule has 2 aromatic rings. The number of aryl methyl sites for hydroxylation is 3. The molecule has 2 aromatic heterocycles. The fourth-order valence-corrected chi connectivity index (χ4v) is 2.67. The number of halogens is 4. The molecule has 3 rings (SSSR count). The molecule has 2 heterocycles. The third-order valence-corrected chi connectivity index (χ3v) is 4.50. The number of aliphatic hydroxyl groups excluding tert-OH is 1. The van der Waals surface area contributed by atoms with Crippen molar-refractivity contribution in [3.63, 3.8) is 0 Å². The Balaban J connectivity index is 0. The van der Waals surface area contributed by atoms with E-state index < -0.39 is 6.68 Å². The van der Waals surface area contributed by atoms with E-state index in [1.807, 2.05) is 10.6 Å². The average molecular weight is 492 g/mol. The minimum absolute atomic E-state index is 0.0347. The van der Waals surface area contributed by atoms with E-state index in [1.54, 1.807) is 26.2 Å². The van der Waals surface area contributed by atoms with Gasteiger partial charge in [0.15, 0.2) is 0 Å². The summed E-state index contributed by atoms with van der Waals surface area (Å²) in [5, 5.41) is 7.57. The number of alkyl halides is 4. The number of allylic oxidation sites excluding steroid dienone is 1. The lowest BCUT2D eigenvalue weighted by atomic mass is 9.99. The zero-order valence-electron chi connectivity index (χ0n) is 21.3. The second-order valence-electron chi connectivity index (χ2n) is 7.30. The predicted octanol–water partition coefficient (Wildman–Crippen LogP) is 5.11. The van der Waals surface area contributed by atoms with E-state index in [0.717, 1.165) is 25.8 Å². The number of fused-ring (bicyclic) bond motifs is 1. The van der Waals surface area contributed by atoms with E-state index in [0.29, 0.717) is 6.54 Å². The van der Waals surface area contributed by atoms with Crippen LogP contribution in [0, 0.1) is 0 Å². The fraction of sp³-hybridized carbons (Fsp3) is 0.560. The molecule has 0 aromatic carbocycles. The summed E-state index contributed by atoms with van der Waals surface area (Å²) in [6, 6.07) is 5.07. The Bertz CT molecular complexity index is 831. The molecule has 0 amide bonds. The molecular formula is C25H41F4N3O2. The molecule has 5 nitrogen and oxygen atoms in total. The molecule has 0 radical (unpaired) electrons. The molecule has 0 fully saturated rings. The van der Waals surface area contributed by atoms with E-state index in [4.69, 9.17) is 5.11 Å². The molecule has 0 aliphatic heterocycles. The standard InChI is InChI=1S/C12H16FN.C6H7NO.C4H11N.C2H6O.CHF3/c1-2-10-9-14(8-7-13)12-6-4-3-5-11(10)12;1-7-5-3-2-4-6(7)8;1-4-5(2)3;1-2-3;2-1(3)4/h4,6,9H,2-3,5,7-8H2,1H3;2-5H,1H3;4H2,1-3H3;3H,2H2,1H3;1H. The van der Waals surface area contributed by atoms with Gasteiger partial charge in [-0.25, -0.2) is 4.39 Å². The molecule has 0 bridgehead atoms. The number of aromatic nitrogens is 2. The number of hydrogen-bond donors (Lipinski definition) is 1. The number of aliphatic hydroxyl groups is 1. The first-order valence-corrected chi connectivity index (χ1v) is 11.3. The minimum Gasteiger partial charge on any atom is -0.397 e. The maximum atomic E-state index is 12.3. The van der Waals surface area contributed by atoms with Gasteiger partial charge in [-0.1, -0.05) is 26.0 Å². The highest BCUT2D eigenvalue weighted by Crippen LogP contribution is 2.25. The van der Waals surface area contributed by atoms with Gasteiger partial charge in [0.1, 0.15) is 6.67 Å². The van der Waals surface area contributed by atoms with Crippen LogP contribution in [-0.2, 0) is 26.4 Å². The Hall–Kier alpha value is -2.39. The third-order valence-electron chi connectivity index (χ3n) is 4.50. The quantitative estimate of drug-likeness (QED) is 0.605. The van der Waals surface area contributed by atoms with Gasteiger partial charge >= 0.3 is 6.68 Å². The number of hydrogen-bond acceptors (Lipinski definition) is 3. The molecule has 0 atom stereocenters. The fourth-order valence-electron chi connectivity index (χ4n) is 2.67. The maximum Gasteiger partial charge on any atom is 0.379 e. The maximum absolute atomic E-state index is 12.3. The predicted molar refractivity (Wildman–Crippen MR) is 133 cm³/mol. The van der Waals surface area contributed by atoms with Crippen LogP contribution in [0.3, 0.4) is 0 Å². The Morgan fingerprint density at radius 2 is 1.71 bits per heavy atom. The summed E-state index contributed by atoms with van der Waals surface area (Å²) in [6.45, 7) is 3.90. The summed E-state index contributed by atoms with van der Waals surface area (Å²) in [4.78, 5) is 12.7. The van der Waals surface area contributed by atoms with Crippen LogP contribution in [0.4, 0.5) is 17.6 Å². The van der Waals surface area contributed by atoms with Crippen molar-refractivity contribution in [2.24, 2.45) is 7.05 Å². The highest BCUT2D eigenvalue weighted by atomic mass is 19.4. The Morgan fingerprint density at radius 1 is 1.15 bits per heavy atom. The Morgan fingerprint density at radius 3 is 2.09 bits per heavy atom. The summed E-state index contributed by atoms with van der Waals surface area (Å²) >= 11 is 0. The van der Waals surface area contributed by atoms with Gasteiger partial charge in [0.2, 0.25) is 5.56 Å². The smallest absolute Gasteiger partial charge is 0.379 e. The average Bonchev–Trinajstić information content (AvgIpc) is 3.15. The van der Waals surface area contributed by atoms with Gasteiger partial charge in [0.05, 0.1) is 6.54 Å². The van der Waals surface area contributed by atoms with Gasteiger partial charge in [-0.2, -0.15) is 13.2 Å². The molecule has 0 unspecified atom stereocenters. The lowest BCUT2D eigenvalue weighted by molar-refractivity contribution is 0.00819. The van der Waals surface area contributed by atoms with E-state index >= 15 is 0 Å². The zero-order valence-corrected chi connectivity index (χ0v) is 21.3. The van der Waals surface area contributed by atoms with E-state index in [9.17, 15) is 22.4 Å². The highest BCUT2D eigenvalue weighted by Gasteiger charge is 2.14. The number of nitrogens with zero attached hydrogens (tertiary/aromatic N) is 3. The molecule has 0 saturated heterocycles. The van der Waals surface area contributed by atoms with E-state index in [2.05, 4.69) is 51.2 Å². The molecule has 0 saturated carbocycles. The summed E-state index contributed by atoms with van der Waals surface area (Å²) in [5.74, 6) is 0. The lowest BCUT2D eigenvalue weighted by Crippen LogP contribution is -2.12.